The molecular weight excluding hydrogens is 336 g/mol. The van der Waals surface area contributed by atoms with E-state index in [2.05, 4.69) is 10.3 Å². The fourth-order valence-electron chi connectivity index (χ4n) is 3.35. The van der Waals surface area contributed by atoms with Crippen LogP contribution in [0, 0.1) is 0 Å². The molecular formula is C20H19ClN2O2. The molecule has 0 unspecified atom stereocenters. The van der Waals surface area contributed by atoms with Gasteiger partial charge in [-0.25, -0.2) is 0 Å². The van der Waals surface area contributed by atoms with Crippen molar-refractivity contribution in [2.45, 2.75) is 24.8 Å². The number of fused-ring (bicyclic) bond motifs is 1. The van der Waals surface area contributed by atoms with Crippen molar-refractivity contribution in [3.8, 4) is 5.75 Å². The number of hydrogen-bond acceptors (Lipinski definition) is 2. The highest BCUT2D eigenvalue weighted by molar-refractivity contribution is 6.31. The van der Waals surface area contributed by atoms with E-state index in [9.17, 15) is 4.79 Å². The van der Waals surface area contributed by atoms with Crippen molar-refractivity contribution in [2.75, 3.05) is 7.11 Å². The molecule has 0 aliphatic heterocycles. The van der Waals surface area contributed by atoms with Crippen LogP contribution in [0.2, 0.25) is 5.02 Å². The highest BCUT2D eigenvalue weighted by Gasteiger charge is 2.52. The van der Waals surface area contributed by atoms with Gasteiger partial charge < -0.3 is 15.0 Å². The zero-order valence-corrected chi connectivity index (χ0v) is 14.7. The van der Waals surface area contributed by atoms with Crippen molar-refractivity contribution < 1.29 is 9.53 Å². The highest BCUT2D eigenvalue weighted by atomic mass is 35.5. The van der Waals surface area contributed by atoms with Crippen LogP contribution >= 0.6 is 11.6 Å². The maximum atomic E-state index is 12.9. The summed E-state index contributed by atoms with van der Waals surface area (Å²) in [4.78, 5) is 16.2. The van der Waals surface area contributed by atoms with Crippen LogP contribution in [0.15, 0.2) is 48.7 Å². The third-order valence-electron chi connectivity index (χ3n) is 4.99. The van der Waals surface area contributed by atoms with Gasteiger partial charge in [0, 0.05) is 28.7 Å². The van der Waals surface area contributed by atoms with E-state index >= 15 is 0 Å². The number of carbonyl (C=O) groups is 1. The number of carbonyl (C=O) groups excluding carboxylic acids is 1. The molecule has 0 saturated heterocycles. The Labute approximate surface area is 151 Å². The SMILES string of the molecule is COc1ccc2[nH]cc(C3(C(=O)NCc4ccccc4Cl)CC3)c2c1. The van der Waals surface area contributed by atoms with Gasteiger partial charge in [0.15, 0.2) is 0 Å². The summed E-state index contributed by atoms with van der Waals surface area (Å²) in [5.74, 6) is 0.844. The van der Waals surface area contributed by atoms with Crippen molar-refractivity contribution in [3.05, 3.63) is 64.8 Å². The van der Waals surface area contributed by atoms with E-state index in [1.807, 2.05) is 48.7 Å². The molecule has 0 bridgehead atoms. The summed E-state index contributed by atoms with van der Waals surface area (Å²) in [6, 6.07) is 13.5. The molecule has 25 heavy (non-hydrogen) atoms. The van der Waals surface area contributed by atoms with E-state index in [1.165, 1.54) is 0 Å². The molecule has 1 amide bonds. The van der Waals surface area contributed by atoms with Gasteiger partial charge in [-0.1, -0.05) is 29.8 Å². The molecule has 1 aliphatic rings. The fourth-order valence-corrected chi connectivity index (χ4v) is 3.56. The monoisotopic (exact) mass is 354 g/mol. The number of aromatic nitrogens is 1. The second-order valence-electron chi connectivity index (χ2n) is 6.47. The number of H-pyrrole nitrogens is 1. The Morgan fingerprint density at radius 2 is 2.08 bits per heavy atom. The topological polar surface area (TPSA) is 54.1 Å². The quantitative estimate of drug-likeness (QED) is 0.722. The summed E-state index contributed by atoms with van der Waals surface area (Å²) < 4.78 is 5.33. The molecule has 1 fully saturated rings. The Balaban J connectivity index is 1.59. The highest BCUT2D eigenvalue weighted by Crippen LogP contribution is 2.51. The minimum Gasteiger partial charge on any atom is -0.497 e. The van der Waals surface area contributed by atoms with Gasteiger partial charge in [-0.2, -0.15) is 0 Å². The molecule has 1 aromatic heterocycles. The minimum atomic E-state index is -0.453. The number of methoxy groups -OCH3 is 1. The molecule has 0 atom stereocenters. The number of aromatic amines is 1. The molecule has 1 saturated carbocycles. The molecule has 2 aromatic carbocycles. The Hall–Kier alpha value is -2.46. The van der Waals surface area contributed by atoms with Gasteiger partial charge in [-0.05, 0) is 48.2 Å². The fraction of sp³-hybridized carbons (Fsp3) is 0.250. The average Bonchev–Trinajstić information content (AvgIpc) is 3.33. The molecule has 4 rings (SSSR count). The molecule has 0 spiro atoms. The Kier molecular flexibility index (Phi) is 3.92. The lowest BCUT2D eigenvalue weighted by atomic mass is 9.94. The maximum Gasteiger partial charge on any atom is 0.231 e. The third-order valence-corrected chi connectivity index (χ3v) is 5.36. The molecule has 2 N–H and O–H groups in total. The van der Waals surface area contributed by atoms with Crippen LogP contribution in [-0.2, 0) is 16.8 Å². The summed E-state index contributed by atoms with van der Waals surface area (Å²) in [6.45, 7) is 0.436. The van der Waals surface area contributed by atoms with Crippen LogP contribution in [0.25, 0.3) is 10.9 Å². The summed E-state index contributed by atoms with van der Waals surface area (Å²) >= 11 is 6.18. The van der Waals surface area contributed by atoms with E-state index in [4.69, 9.17) is 16.3 Å². The number of ether oxygens (including phenoxy) is 1. The summed E-state index contributed by atoms with van der Waals surface area (Å²) in [6.07, 6.45) is 3.66. The Morgan fingerprint density at radius 3 is 2.80 bits per heavy atom. The van der Waals surface area contributed by atoms with Gasteiger partial charge >= 0.3 is 0 Å². The van der Waals surface area contributed by atoms with Crippen molar-refractivity contribution >= 4 is 28.4 Å². The first-order valence-electron chi connectivity index (χ1n) is 8.31. The third kappa shape index (κ3) is 2.76. The van der Waals surface area contributed by atoms with Gasteiger partial charge in [0.05, 0.1) is 12.5 Å². The molecule has 1 heterocycles. The van der Waals surface area contributed by atoms with E-state index in [-0.39, 0.29) is 5.91 Å². The van der Waals surface area contributed by atoms with Gasteiger partial charge in [-0.3, -0.25) is 4.79 Å². The van der Waals surface area contributed by atoms with Crippen molar-refractivity contribution in [3.63, 3.8) is 0 Å². The summed E-state index contributed by atoms with van der Waals surface area (Å²) in [7, 11) is 1.65. The lowest BCUT2D eigenvalue weighted by Gasteiger charge is -2.15. The predicted octanol–water partition coefficient (Wildman–Crippen LogP) is 4.18. The van der Waals surface area contributed by atoms with E-state index in [1.54, 1.807) is 7.11 Å². The van der Waals surface area contributed by atoms with Crippen LogP contribution in [0.1, 0.15) is 24.0 Å². The number of halogens is 1. The second-order valence-corrected chi connectivity index (χ2v) is 6.88. The molecule has 5 heteroatoms. The van der Waals surface area contributed by atoms with E-state index in [0.717, 1.165) is 40.6 Å². The van der Waals surface area contributed by atoms with Crippen LogP contribution in [0.3, 0.4) is 0 Å². The molecule has 0 radical (unpaired) electrons. The predicted molar refractivity (Wildman–Crippen MR) is 99.1 cm³/mol. The number of benzene rings is 2. The summed E-state index contributed by atoms with van der Waals surface area (Å²) in [5.41, 5.74) is 2.53. The average molecular weight is 355 g/mol. The molecule has 4 nitrogen and oxygen atoms in total. The first-order chi connectivity index (χ1) is 12.1. The Bertz CT molecular complexity index is 944. The number of rotatable bonds is 5. The smallest absolute Gasteiger partial charge is 0.231 e. The van der Waals surface area contributed by atoms with Crippen LogP contribution in [0.4, 0.5) is 0 Å². The van der Waals surface area contributed by atoms with Crippen LogP contribution in [-0.4, -0.2) is 18.0 Å². The van der Waals surface area contributed by atoms with Gasteiger partial charge in [-0.15, -0.1) is 0 Å². The van der Waals surface area contributed by atoms with Crippen molar-refractivity contribution in [2.24, 2.45) is 0 Å². The first-order valence-corrected chi connectivity index (χ1v) is 8.69. The molecule has 3 aromatic rings. The summed E-state index contributed by atoms with van der Waals surface area (Å²) in [5, 5.41) is 4.77. The lowest BCUT2D eigenvalue weighted by molar-refractivity contribution is -0.123. The van der Waals surface area contributed by atoms with Crippen molar-refractivity contribution in [1.82, 2.24) is 10.3 Å². The van der Waals surface area contributed by atoms with Crippen LogP contribution < -0.4 is 10.1 Å². The molecule has 1 aliphatic carbocycles. The number of amides is 1. The zero-order valence-electron chi connectivity index (χ0n) is 13.9. The largest absolute Gasteiger partial charge is 0.497 e. The normalized spacial score (nSPS) is 15.1. The van der Waals surface area contributed by atoms with Gasteiger partial charge in [0.1, 0.15) is 5.75 Å². The van der Waals surface area contributed by atoms with Gasteiger partial charge in [0.2, 0.25) is 5.91 Å². The second kappa shape index (κ2) is 6.12. The number of nitrogens with one attached hydrogen (secondary N) is 2. The number of hydrogen-bond donors (Lipinski definition) is 2. The van der Waals surface area contributed by atoms with E-state index in [0.29, 0.717) is 11.6 Å². The standard InChI is InChI=1S/C20H19ClN2O2/c1-25-14-6-7-18-15(10-14)16(12-22-18)20(8-9-20)19(24)23-11-13-4-2-3-5-17(13)21/h2-7,10,12,22H,8-9,11H2,1H3,(H,23,24). The van der Waals surface area contributed by atoms with E-state index < -0.39 is 5.41 Å². The lowest BCUT2D eigenvalue weighted by Crippen LogP contribution is -2.34. The van der Waals surface area contributed by atoms with Crippen LogP contribution in [0.5, 0.6) is 5.75 Å². The molecule has 128 valence electrons. The first kappa shape index (κ1) is 16.0. The van der Waals surface area contributed by atoms with Crippen molar-refractivity contribution in [1.29, 1.82) is 0 Å². The minimum absolute atomic E-state index is 0.0520. The Morgan fingerprint density at radius 1 is 1.28 bits per heavy atom. The maximum absolute atomic E-state index is 12.9. The van der Waals surface area contributed by atoms with Gasteiger partial charge in [0.25, 0.3) is 0 Å². The zero-order chi connectivity index (χ0) is 17.4.